The molecule has 0 amide bonds. The Hall–Kier alpha value is -0.720. The maximum absolute atomic E-state index is 10.7. The van der Waals surface area contributed by atoms with Crippen LogP contribution in [0.3, 0.4) is 0 Å². The predicted molar refractivity (Wildman–Crippen MR) is 80.7 cm³/mol. The minimum absolute atomic E-state index is 0.265. The Labute approximate surface area is 125 Å². The number of hydrogen-bond donors (Lipinski definition) is 1. The van der Waals surface area contributed by atoms with Gasteiger partial charge >= 0.3 is 0 Å². The number of nitrogens with zero attached hydrogens (tertiary/aromatic N) is 2. The summed E-state index contributed by atoms with van der Waals surface area (Å²) < 4.78 is 6.73. The summed E-state index contributed by atoms with van der Waals surface area (Å²) in [6.07, 6.45) is 0.991. The van der Waals surface area contributed by atoms with E-state index < -0.39 is 5.72 Å². The molecule has 4 nitrogen and oxygen atoms in total. The van der Waals surface area contributed by atoms with Crippen molar-refractivity contribution in [2.75, 3.05) is 25.4 Å². The van der Waals surface area contributed by atoms with Crippen molar-refractivity contribution >= 4 is 32.9 Å². The van der Waals surface area contributed by atoms with E-state index in [1.807, 2.05) is 29.2 Å². The standard InChI is InChI=1S/C13H15BrN2O2S/c14-10-2-4-11(5-3-10)18-8-13(17)9-19-12-15-6-1-7-16(12)13/h2-5,17H,1,6-9H2. The van der Waals surface area contributed by atoms with Crippen LogP contribution in [0.2, 0.25) is 0 Å². The van der Waals surface area contributed by atoms with Crippen LogP contribution in [0.25, 0.3) is 0 Å². The van der Waals surface area contributed by atoms with Crippen molar-refractivity contribution in [3.8, 4) is 5.75 Å². The molecule has 19 heavy (non-hydrogen) atoms. The molecule has 0 saturated carbocycles. The van der Waals surface area contributed by atoms with E-state index in [2.05, 4.69) is 20.9 Å². The second-order valence-corrected chi connectivity index (χ2v) is 6.54. The van der Waals surface area contributed by atoms with Gasteiger partial charge in [-0.3, -0.25) is 4.99 Å². The summed E-state index contributed by atoms with van der Waals surface area (Å²) in [6, 6.07) is 7.63. The molecule has 1 saturated heterocycles. The lowest BCUT2D eigenvalue weighted by molar-refractivity contribution is -0.0751. The zero-order valence-electron chi connectivity index (χ0n) is 10.4. The first kappa shape index (κ1) is 13.3. The molecule has 1 fully saturated rings. The maximum Gasteiger partial charge on any atom is 0.183 e. The summed E-state index contributed by atoms with van der Waals surface area (Å²) in [4.78, 5) is 6.41. The van der Waals surface area contributed by atoms with Crippen LogP contribution in [0.5, 0.6) is 5.75 Å². The van der Waals surface area contributed by atoms with Crippen LogP contribution in [0, 0.1) is 0 Å². The molecule has 0 bridgehead atoms. The van der Waals surface area contributed by atoms with Crippen molar-refractivity contribution in [2.45, 2.75) is 12.1 Å². The molecule has 1 atom stereocenters. The fourth-order valence-corrected chi connectivity index (χ4v) is 3.66. The van der Waals surface area contributed by atoms with Gasteiger partial charge in [0.05, 0.1) is 5.75 Å². The quantitative estimate of drug-likeness (QED) is 0.915. The van der Waals surface area contributed by atoms with E-state index in [4.69, 9.17) is 4.74 Å². The van der Waals surface area contributed by atoms with E-state index in [1.165, 1.54) is 0 Å². The lowest BCUT2D eigenvalue weighted by Crippen LogP contribution is -2.53. The van der Waals surface area contributed by atoms with Gasteiger partial charge in [0, 0.05) is 17.6 Å². The molecular weight excluding hydrogens is 328 g/mol. The third-order valence-corrected chi connectivity index (χ3v) is 4.98. The molecule has 2 aliphatic heterocycles. The van der Waals surface area contributed by atoms with Crippen molar-refractivity contribution in [3.05, 3.63) is 28.7 Å². The predicted octanol–water partition coefficient (Wildman–Crippen LogP) is 2.33. The number of ether oxygens (including phenoxy) is 1. The number of amidine groups is 1. The average molecular weight is 343 g/mol. The Balaban J connectivity index is 1.67. The van der Waals surface area contributed by atoms with Crippen LogP contribution < -0.4 is 4.74 Å². The molecule has 1 aromatic carbocycles. The van der Waals surface area contributed by atoms with Gasteiger partial charge in [-0.1, -0.05) is 27.7 Å². The third kappa shape index (κ3) is 2.75. The van der Waals surface area contributed by atoms with Gasteiger partial charge in [0.15, 0.2) is 10.9 Å². The molecule has 3 rings (SSSR count). The van der Waals surface area contributed by atoms with E-state index in [0.717, 1.165) is 34.9 Å². The lowest BCUT2D eigenvalue weighted by Gasteiger charge is -2.35. The molecule has 0 aliphatic carbocycles. The fraction of sp³-hybridized carbons (Fsp3) is 0.462. The number of aliphatic imine (C=N–C) groups is 1. The summed E-state index contributed by atoms with van der Waals surface area (Å²) in [5.74, 6) is 1.38. The van der Waals surface area contributed by atoms with Crippen LogP contribution >= 0.6 is 27.7 Å². The van der Waals surface area contributed by atoms with E-state index in [9.17, 15) is 5.11 Å². The minimum atomic E-state index is -0.934. The SMILES string of the molecule is OC1(COc2ccc(Br)cc2)CSC2=NCCCN21. The normalized spacial score (nSPS) is 26.0. The van der Waals surface area contributed by atoms with Gasteiger partial charge in [-0.05, 0) is 30.7 Å². The van der Waals surface area contributed by atoms with Gasteiger partial charge in [0.1, 0.15) is 12.4 Å². The zero-order chi connectivity index (χ0) is 13.3. The largest absolute Gasteiger partial charge is 0.489 e. The number of hydrogen-bond acceptors (Lipinski definition) is 5. The maximum atomic E-state index is 10.7. The molecule has 0 radical (unpaired) electrons. The molecule has 0 spiro atoms. The van der Waals surface area contributed by atoms with Crippen molar-refractivity contribution < 1.29 is 9.84 Å². The molecule has 1 aromatic rings. The van der Waals surface area contributed by atoms with Gasteiger partial charge in [0.25, 0.3) is 0 Å². The van der Waals surface area contributed by atoms with Crippen LogP contribution in [0.15, 0.2) is 33.7 Å². The number of benzene rings is 1. The van der Waals surface area contributed by atoms with Crippen molar-refractivity contribution in [1.29, 1.82) is 0 Å². The second kappa shape index (κ2) is 5.34. The number of rotatable bonds is 3. The molecular formula is C13H15BrN2O2S. The van der Waals surface area contributed by atoms with Gasteiger partial charge in [0.2, 0.25) is 0 Å². The molecule has 2 heterocycles. The Morgan fingerprint density at radius 3 is 3.00 bits per heavy atom. The van der Waals surface area contributed by atoms with Gasteiger partial charge < -0.3 is 14.7 Å². The monoisotopic (exact) mass is 342 g/mol. The van der Waals surface area contributed by atoms with E-state index >= 15 is 0 Å². The summed E-state index contributed by atoms with van der Waals surface area (Å²) in [7, 11) is 0. The molecule has 2 aliphatic rings. The highest BCUT2D eigenvalue weighted by Gasteiger charge is 2.44. The highest BCUT2D eigenvalue weighted by molar-refractivity contribution is 9.10. The van der Waals surface area contributed by atoms with Crippen LogP contribution in [-0.4, -0.2) is 46.3 Å². The minimum Gasteiger partial charge on any atom is -0.489 e. The molecule has 1 N–H and O–H groups in total. The van der Waals surface area contributed by atoms with Crippen molar-refractivity contribution in [1.82, 2.24) is 4.90 Å². The second-order valence-electron chi connectivity index (χ2n) is 4.68. The van der Waals surface area contributed by atoms with E-state index in [-0.39, 0.29) is 6.61 Å². The smallest absolute Gasteiger partial charge is 0.183 e. The highest BCUT2D eigenvalue weighted by Crippen LogP contribution is 2.33. The zero-order valence-corrected chi connectivity index (χ0v) is 12.8. The summed E-state index contributed by atoms with van der Waals surface area (Å²) in [6.45, 7) is 1.98. The molecule has 102 valence electrons. The number of thioether (sulfide) groups is 1. The average Bonchev–Trinajstić information content (AvgIpc) is 2.77. The van der Waals surface area contributed by atoms with Crippen LogP contribution in [0.1, 0.15) is 6.42 Å². The fourth-order valence-electron chi connectivity index (χ4n) is 2.20. The van der Waals surface area contributed by atoms with E-state index in [1.54, 1.807) is 11.8 Å². The molecule has 0 aromatic heterocycles. The summed E-state index contributed by atoms with van der Waals surface area (Å²) in [5, 5.41) is 11.6. The summed E-state index contributed by atoms with van der Waals surface area (Å²) in [5.41, 5.74) is -0.934. The van der Waals surface area contributed by atoms with Gasteiger partial charge in [-0.15, -0.1) is 0 Å². The molecule has 1 unspecified atom stereocenters. The Morgan fingerprint density at radius 2 is 2.21 bits per heavy atom. The number of aliphatic hydroxyl groups is 1. The van der Waals surface area contributed by atoms with Gasteiger partial charge in [-0.25, -0.2) is 0 Å². The Kier molecular flexibility index (Phi) is 3.73. The topological polar surface area (TPSA) is 45.1 Å². The highest BCUT2D eigenvalue weighted by atomic mass is 79.9. The molecule has 6 heteroatoms. The van der Waals surface area contributed by atoms with Gasteiger partial charge in [-0.2, -0.15) is 0 Å². The lowest BCUT2D eigenvalue weighted by atomic mass is 10.2. The third-order valence-electron chi connectivity index (χ3n) is 3.24. The van der Waals surface area contributed by atoms with Crippen molar-refractivity contribution in [2.24, 2.45) is 4.99 Å². The first-order valence-corrected chi connectivity index (χ1v) is 8.01. The Morgan fingerprint density at radius 1 is 1.42 bits per heavy atom. The number of fused-ring (bicyclic) bond motifs is 1. The van der Waals surface area contributed by atoms with Crippen LogP contribution in [-0.2, 0) is 0 Å². The first-order valence-electron chi connectivity index (χ1n) is 6.23. The van der Waals surface area contributed by atoms with Crippen molar-refractivity contribution in [3.63, 3.8) is 0 Å². The summed E-state index contributed by atoms with van der Waals surface area (Å²) >= 11 is 5.00. The first-order chi connectivity index (χ1) is 9.17. The van der Waals surface area contributed by atoms with E-state index in [0.29, 0.717) is 5.75 Å². The Bertz CT molecular complexity index is 494. The number of halogens is 1. The van der Waals surface area contributed by atoms with Crippen LogP contribution in [0.4, 0.5) is 0 Å².